The normalized spacial score (nSPS) is 10.2. The number of carbonyl (C=O) groups is 1. The van der Waals surface area contributed by atoms with Gasteiger partial charge in [0, 0.05) is 22.8 Å². The van der Waals surface area contributed by atoms with Gasteiger partial charge in [-0.2, -0.15) is 0 Å². The van der Waals surface area contributed by atoms with Gasteiger partial charge in [0.15, 0.2) is 0 Å². The summed E-state index contributed by atoms with van der Waals surface area (Å²) in [4.78, 5) is 12.1. The van der Waals surface area contributed by atoms with Crippen LogP contribution in [0.15, 0.2) is 48.5 Å². The lowest BCUT2D eigenvalue weighted by Gasteiger charge is -2.10. The fraction of sp³-hybridized carbons (Fsp3) is 0.133. The Morgan fingerprint density at radius 1 is 1.11 bits per heavy atom. The monoisotopic (exact) mass is 274 g/mol. The Morgan fingerprint density at radius 3 is 2.47 bits per heavy atom. The first-order valence-electron chi connectivity index (χ1n) is 6.00. The van der Waals surface area contributed by atoms with Crippen molar-refractivity contribution in [2.45, 2.75) is 6.54 Å². The highest BCUT2D eigenvalue weighted by molar-refractivity contribution is 6.30. The third-order valence-electron chi connectivity index (χ3n) is 2.74. The number of anilines is 1. The molecule has 0 aromatic heterocycles. The van der Waals surface area contributed by atoms with Crippen molar-refractivity contribution in [2.75, 3.05) is 12.4 Å². The molecule has 4 heteroatoms. The molecule has 2 aromatic rings. The molecule has 2 N–H and O–H groups in total. The number of nitrogens with one attached hydrogen (secondary N) is 2. The summed E-state index contributed by atoms with van der Waals surface area (Å²) >= 11 is 5.80. The lowest BCUT2D eigenvalue weighted by Crippen LogP contribution is -2.15. The molecule has 3 nitrogen and oxygen atoms in total. The van der Waals surface area contributed by atoms with Gasteiger partial charge in [0.05, 0.1) is 0 Å². The van der Waals surface area contributed by atoms with E-state index in [1.807, 2.05) is 31.3 Å². The third kappa shape index (κ3) is 3.56. The molecule has 0 bridgehead atoms. The number of hydrogen-bond acceptors (Lipinski definition) is 2. The molecular weight excluding hydrogens is 260 g/mol. The summed E-state index contributed by atoms with van der Waals surface area (Å²) in [6.07, 6.45) is 0. The maximum absolute atomic E-state index is 12.1. The van der Waals surface area contributed by atoms with Crippen molar-refractivity contribution >= 4 is 23.2 Å². The summed E-state index contributed by atoms with van der Waals surface area (Å²) in [7, 11) is 1.87. The second-order valence-electron chi connectivity index (χ2n) is 4.15. The lowest BCUT2D eigenvalue weighted by atomic mass is 10.1. The van der Waals surface area contributed by atoms with Gasteiger partial charge in [-0.25, -0.2) is 0 Å². The molecule has 0 heterocycles. The Morgan fingerprint density at radius 2 is 1.79 bits per heavy atom. The number of halogens is 1. The lowest BCUT2D eigenvalue weighted by molar-refractivity contribution is 0.102. The van der Waals surface area contributed by atoms with Gasteiger partial charge < -0.3 is 10.6 Å². The second-order valence-corrected chi connectivity index (χ2v) is 4.58. The third-order valence-corrected chi connectivity index (χ3v) is 2.99. The minimum absolute atomic E-state index is 0.139. The quantitative estimate of drug-likeness (QED) is 0.898. The summed E-state index contributed by atoms with van der Waals surface area (Å²) in [6.45, 7) is 0.705. The van der Waals surface area contributed by atoms with Crippen LogP contribution in [0.25, 0.3) is 0 Å². The number of rotatable bonds is 4. The van der Waals surface area contributed by atoms with Crippen LogP contribution in [0, 0.1) is 0 Å². The van der Waals surface area contributed by atoms with E-state index in [1.165, 1.54) is 0 Å². The average molecular weight is 275 g/mol. The molecule has 98 valence electrons. The zero-order valence-corrected chi connectivity index (χ0v) is 11.4. The summed E-state index contributed by atoms with van der Waals surface area (Å²) in [5.74, 6) is -0.139. The van der Waals surface area contributed by atoms with Crippen LogP contribution >= 0.6 is 11.6 Å². The molecule has 2 aromatic carbocycles. The molecule has 0 saturated heterocycles. The average Bonchev–Trinajstić information content (AvgIpc) is 2.42. The van der Waals surface area contributed by atoms with Crippen molar-refractivity contribution in [3.05, 3.63) is 64.7 Å². The molecule has 19 heavy (non-hydrogen) atoms. The highest BCUT2D eigenvalue weighted by Gasteiger charge is 2.08. The fourth-order valence-electron chi connectivity index (χ4n) is 1.78. The Bertz CT molecular complexity index is 567. The van der Waals surface area contributed by atoms with Gasteiger partial charge in [0.25, 0.3) is 5.91 Å². The van der Waals surface area contributed by atoms with Crippen molar-refractivity contribution in [1.82, 2.24) is 5.32 Å². The fourth-order valence-corrected chi connectivity index (χ4v) is 1.91. The Kier molecular flexibility index (Phi) is 4.55. The first-order chi connectivity index (χ1) is 9.20. The second kappa shape index (κ2) is 6.36. The topological polar surface area (TPSA) is 41.1 Å². The van der Waals surface area contributed by atoms with Gasteiger partial charge in [0.2, 0.25) is 0 Å². The summed E-state index contributed by atoms with van der Waals surface area (Å²) in [6, 6.07) is 14.5. The van der Waals surface area contributed by atoms with Crippen LogP contribution in [-0.2, 0) is 6.54 Å². The van der Waals surface area contributed by atoms with E-state index in [-0.39, 0.29) is 5.91 Å². The Labute approximate surface area is 117 Å². The van der Waals surface area contributed by atoms with E-state index >= 15 is 0 Å². The maximum Gasteiger partial charge on any atom is 0.255 e. The van der Waals surface area contributed by atoms with E-state index in [4.69, 9.17) is 11.6 Å². The first kappa shape index (κ1) is 13.6. The molecule has 0 aliphatic rings. The predicted molar refractivity (Wildman–Crippen MR) is 78.6 cm³/mol. The molecule has 0 aliphatic heterocycles. The van der Waals surface area contributed by atoms with E-state index in [9.17, 15) is 4.79 Å². The van der Waals surface area contributed by atoms with Crippen LogP contribution in [0.3, 0.4) is 0 Å². The molecular formula is C15H15ClN2O. The molecule has 0 unspecified atom stereocenters. The highest BCUT2D eigenvalue weighted by atomic mass is 35.5. The Hall–Kier alpha value is -1.84. The van der Waals surface area contributed by atoms with Crippen molar-refractivity contribution in [2.24, 2.45) is 0 Å². The smallest absolute Gasteiger partial charge is 0.255 e. The zero-order chi connectivity index (χ0) is 13.7. The van der Waals surface area contributed by atoms with E-state index < -0.39 is 0 Å². The molecule has 1 amide bonds. The molecule has 0 atom stereocenters. The molecule has 0 spiro atoms. The van der Waals surface area contributed by atoms with Crippen molar-refractivity contribution in [3.63, 3.8) is 0 Å². The number of benzene rings is 2. The van der Waals surface area contributed by atoms with E-state index in [1.54, 1.807) is 24.3 Å². The summed E-state index contributed by atoms with van der Waals surface area (Å²) < 4.78 is 0. The molecule has 0 radical (unpaired) electrons. The maximum atomic E-state index is 12.1. The number of carbonyl (C=O) groups excluding carboxylic acids is 1. The van der Waals surface area contributed by atoms with Crippen LogP contribution in [0.2, 0.25) is 5.02 Å². The van der Waals surface area contributed by atoms with Gasteiger partial charge in [-0.05, 0) is 42.9 Å². The standard InChI is InChI=1S/C15H15ClN2O/c1-17-10-12-4-2-3-5-14(12)18-15(19)11-6-8-13(16)9-7-11/h2-9,17H,10H2,1H3,(H,18,19). The first-order valence-corrected chi connectivity index (χ1v) is 6.38. The SMILES string of the molecule is CNCc1ccccc1NC(=O)c1ccc(Cl)cc1. The number of amides is 1. The molecule has 0 aliphatic carbocycles. The van der Waals surface area contributed by atoms with Gasteiger partial charge >= 0.3 is 0 Å². The summed E-state index contributed by atoms with van der Waals surface area (Å²) in [5, 5.41) is 6.60. The van der Waals surface area contributed by atoms with Crippen LogP contribution in [0.4, 0.5) is 5.69 Å². The van der Waals surface area contributed by atoms with Crippen molar-refractivity contribution in [3.8, 4) is 0 Å². The van der Waals surface area contributed by atoms with E-state index in [2.05, 4.69) is 10.6 Å². The van der Waals surface area contributed by atoms with Gasteiger partial charge in [0.1, 0.15) is 0 Å². The molecule has 0 saturated carbocycles. The largest absolute Gasteiger partial charge is 0.322 e. The van der Waals surface area contributed by atoms with Crippen LogP contribution < -0.4 is 10.6 Å². The van der Waals surface area contributed by atoms with E-state index in [0.717, 1.165) is 11.3 Å². The predicted octanol–water partition coefficient (Wildman–Crippen LogP) is 3.31. The number of hydrogen-bond donors (Lipinski definition) is 2. The highest BCUT2D eigenvalue weighted by Crippen LogP contribution is 2.17. The van der Waals surface area contributed by atoms with E-state index in [0.29, 0.717) is 17.1 Å². The van der Waals surface area contributed by atoms with Crippen LogP contribution in [0.1, 0.15) is 15.9 Å². The van der Waals surface area contributed by atoms with Gasteiger partial charge in [-0.3, -0.25) is 4.79 Å². The van der Waals surface area contributed by atoms with Crippen molar-refractivity contribution in [1.29, 1.82) is 0 Å². The van der Waals surface area contributed by atoms with Crippen molar-refractivity contribution < 1.29 is 4.79 Å². The van der Waals surface area contributed by atoms with Gasteiger partial charge in [-0.15, -0.1) is 0 Å². The minimum Gasteiger partial charge on any atom is -0.322 e. The van der Waals surface area contributed by atoms with Gasteiger partial charge in [-0.1, -0.05) is 29.8 Å². The van der Waals surface area contributed by atoms with Crippen LogP contribution in [0.5, 0.6) is 0 Å². The zero-order valence-electron chi connectivity index (χ0n) is 10.6. The summed E-state index contributed by atoms with van der Waals surface area (Å²) in [5.41, 5.74) is 2.45. The van der Waals surface area contributed by atoms with Crippen LogP contribution in [-0.4, -0.2) is 13.0 Å². The Balaban J connectivity index is 2.16. The number of para-hydroxylation sites is 1. The molecule has 2 rings (SSSR count). The molecule has 0 fully saturated rings. The minimum atomic E-state index is -0.139.